The minimum absolute atomic E-state index is 0.0477. The molecular formula is C35H52O3. The number of benzene rings is 2. The zero-order valence-corrected chi connectivity index (χ0v) is 26.3. The molecule has 0 aliphatic rings. The molecule has 2 rings (SSSR count). The second-order valence-electron chi connectivity index (χ2n) is 14.4. The van der Waals surface area contributed by atoms with Crippen LogP contribution in [-0.4, -0.2) is 16.2 Å². The molecule has 1 atom stereocenters. The summed E-state index contributed by atoms with van der Waals surface area (Å²) in [4.78, 5) is 11.7. The van der Waals surface area contributed by atoms with Crippen LogP contribution in [0.3, 0.4) is 0 Å². The van der Waals surface area contributed by atoms with Crippen molar-refractivity contribution in [2.75, 3.05) is 0 Å². The fourth-order valence-corrected chi connectivity index (χ4v) is 4.88. The van der Waals surface area contributed by atoms with Crippen LogP contribution in [0.1, 0.15) is 148 Å². The average Bonchev–Trinajstić information content (AvgIpc) is 2.80. The molecule has 0 saturated carbocycles. The van der Waals surface area contributed by atoms with Crippen LogP contribution in [0.15, 0.2) is 30.3 Å². The molecule has 0 aromatic heterocycles. The number of carbonyl (C=O) groups is 1. The Morgan fingerprint density at radius 1 is 0.763 bits per heavy atom. The molecule has 0 saturated heterocycles. The molecule has 0 heterocycles. The van der Waals surface area contributed by atoms with E-state index in [0.717, 1.165) is 40.7 Å². The number of aliphatic carboxylic acids is 1. The quantitative estimate of drug-likeness (QED) is 0.341. The number of aromatic hydroxyl groups is 1. The Kier molecular flexibility index (Phi) is 9.09. The summed E-state index contributed by atoms with van der Waals surface area (Å²) in [7, 11) is 0. The van der Waals surface area contributed by atoms with Gasteiger partial charge in [0, 0.05) is 17.6 Å². The largest absolute Gasteiger partial charge is 0.507 e. The predicted molar refractivity (Wildman–Crippen MR) is 163 cm³/mol. The molecule has 0 spiro atoms. The predicted octanol–water partition coefficient (Wildman–Crippen LogP) is 9.61. The lowest BCUT2D eigenvalue weighted by atomic mass is 9.71. The second kappa shape index (κ2) is 10.9. The summed E-state index contributed by atoms with van der Waals surface area (Å²) in [6.45, 7) is 28.5. The smallest absolute Gasteiger partial charge is 0.328 e. The minimum Gasteiger partial charge on any atom is -0.507 e. The number of hydrogen-bond donors (Lipinski definition) is 2. The Morgan fingerprint density at radius 3 is 1.71 bits per heavy atom. The third kappa shape index (κ3) is 6.71. The van der Waals surface area contributed by atoms with Gasteiger partial charge in [-0.25, -0.2) is 4.79 Å². The van der Waals surface area contributed by atoms with E-state index in [-0.39, 0.29) is 27.6 Å². The molecule has 2 N–H and O–H groups in total. The van der Waals surface area contributed by atoms with Crippen molar-refractivity contribution < 1.29 is 15.0 Å². The van der Waals surface area contributed by atoms with Crippen molar-refractivity contribution in [1.29, 1.82) is 0 Å². The van der Waals surface area contributed by atoms with E-state index < -0.39 is 5.97 Å². The fourth-order valence-electron chi connectivity index (χ4n) is 4.88. The standard InChI is InChI=1S/C35H52O3/c1-14-34(10,11)24-19-26(25(16-17-30(36)37)28(21-24)35(12,13)15-2)22(3)27-18-23(32(4,5)6)20-29(31(27)38)33(7,8)9/h16-22,38H,14-15H2,1-13H3,(H,36,37). The molecule has 0 bridgehead atoms. The van der Waals surface area contributed by atoms with Crippen LogP contribution in [0.5, 0.6) is 5.75 Å². The third-order valence-corrected chi connectivity index (χ3v) is 8.63. The van der Waals surface area contributed by atoms with Crippen molar-refractivity contribution in [3.05, 3.63) is 69.3 Å². The number of rotatable bonds is 8. The Hall–Kier alpha value is -2.55. The number of hydrogen-bond acceptors (Lipinski definition) is 2. The topological polar surface area (TPSA) is 57.5 Å². The first-order chi connectivity index (χ1) is 17.2. The Morgan fingerprint density at radius 2 is 1.26 bits per heavy atom. The van der Waals surface area contributed by atoms with Gasteiger partial charge in [0.25, 0.3) is 0 Å². The van der Waals surface area contributed by atoms with Gasteiger partial charge in [0.1, 0.15) is 5.75 Å². The molecule has 0 aliphatic heterocycles. The van der Waals surface area contributed by atoms with Crippen LogP contribution in [0, 0.1) is 0 Å². The van der Waals surface area contributed by atoms with Crippen molar-refractivity contribution >= 4 is 12.0 Å². The first kappa shape index (κ1) is 31.7. The number of phenolic OH excluding ortho intramolecular Hbond substituents is 1. The second-order valence-corrected chi connectivity index (χ2v) is 14.4. The number of phenols is 1. The van der Waals surface area contributed by atoms with Gasteiger partial charge in [-0.2, -0.15) is 0 Å². The lowest BCUT2D eigenvalue weighted by Crippen LogP contribution is -2.23. The lowest BCUT2D eigenvalue weighted by Gasteiger charge is -2.34. The lowest BCUT2D eigenvalue weighted by molar-refractivity contribution is -0.131. The van der Waals surface area contributed by atoms with Crippen molar-refractivity contribution in [2.45, 2.75) is 130 Å². The molecule has 2 aromatic carbocycles. The van der Waals surface area contributed by atoms with Gasteiger partial charge in [-0.15, -0.1) is 0 Å². The summed E-state index contributed by atoms with van der Waals surface area (Å²) in [6.07, 6.45) is 4.91. The summed E-state index contributed by atoms with van der Waals surface area (Å²) in [6, 6.07) is 8.85. The Bertz CT molecular complexity index is 1200. The molecule has 0 radical (unpaired) electrons. The van der Waals surface area contributed by atoms with E-state index in [9.17, 15) is 15.0 Å². The van der Waals surface area contributed by atoms with E-state index in [4.69, 9.17) is 0 Å². The molecule has 0 aliphatic carbocycles. The molecule has 3 nitrogen and oxygen atoms in total. The summed E-state index contributed by atoms with van der Waals surface area (Å²) < 4.78 is 0. The average molecular weight is 521 g/mol. The van der Waals surface area contributed by atoms with Crippen LogP contribution in [0.2, 0.25) is 0 Å². The third-order valence-electron chi connectivity index (χ3n) is 8.63. The summed E-state index contributed by atoms with van der Waals surface area (Å²) in [5.74, 6) is -0.775. The van der Waals surface area contributed by atoms with Crippen molar-refractivity contribution in [3.8, 4) is 5.75 Å². The monoisotopic (exact) mass is 520 g/mol. The van der Waals surface area contributed by atoms with Gasteiger partial charge in [0.05, 0.1) is 0 Å². The molecular weight excluding hydrogens is 468 g/mol. The van der Waals surface area contributed by atoms with E-state index in [1.54, 1.807) is 6.08 Å². The van der Waals surface area contributed by atoms with E-state index in [0.29, 0.717) is 5.75 Å². The van der Waals surface area contributed by atoms with Crippen molar-refractivity contribution in [3.63, 3.8) is 0 Å². The molecule has 38 heavy (non-hydrogen) atoms. The van der Waals surface area contributed by atoms with Crippen molar-refractivity contribution in [2.24, 2.45) is 0 Å². The van der Waals surface area contributed by atoms with E-state index in [1.807, 2.05) is 0 Å². The Balaban J connectivity index is 3.09. The van der Waals surface area contributed by atoms with E-state index >= 15 is 0 Å². The fraction of sp³-hybridized carbons (Fsp3) is 0.571. The molecule has 1 unspecified atom stereocenters. The van der Waals surface area contributed by atoms with E-state index in [1.165, 1.54) is 17.2 Å². The summed E-state index contributed by atoms with van der Waals surface area (Å²) >= 11 is 0. The minimum atomic E-state index is -0.964. The normalized spacial score (nSPS) is 14.2. The molecule has 0 fully saturated rings. The van der Waals surface area contributed by atoms with Gasteiger partial charge < -0.3 is 10.2 Å². The van der Waals surface area contributed by atoms with Gasteiger partial charge >= 0.3 is 5.97 Å². The van der Waals surface area contributed by atoms with Crippen LogP contribution >= 0.6 is 0 Å². The van der Waals surface area contributed by atoms with Gasteiger partial charge in [-0.3, -0.25) is 0 Å². The zero-order chi connectivity index (χ0) is 29.4. The summed E-state index contributed by atoms with van der Waals surface area (Å²) in [5.41, 5.74) is 6.89. The van der Waals surface area contributed by atoms with E-state index in [2.05, 4.69) is 114 Å². The van der Waals surface area contributed by atoms with Crippen molar-refractivity contribution in [1.82, 2.24) is 0 Å². The maximum atomic E-state index is 11.7. The summed E-state index contributed by atoms with van der Waals surface area (Å²) in [5, 5.41) is 21.3. The molecule has 210 valence electrons. The highest BCUT2D eigenvalue weighted by Crippen LogP contribution is 2.45. The number of carboxylic acids is 1. The van der Waals surface area contributed by atoms with Crippen LogP contribution in [0.4, 0.5) is 0 Å². The number of carboxylic acid groups (broad SMARTS) is 1. The zero-order valence-electron chi connectivity index (χ0n) is 26.3. The van der Waals surface area contributed by atoms with Gasteiger partial charge in [0.15, 0.2) is 0 Å². The Labute approximate surface area is 232 Å². The van der Waals surface area contributed by atoms with Gasteiger partial charge in [-0.1, -0.05) is 114 Å². The van der Waals surface area contributed by atoms with Gasteiger partial charge in [0.2, 0.25) is 0 Å². The first-order valence-electron chi connectivity index (χ1n) is 14.1. The molecule has 2 aromatic rings. The van der Waals surface area contributed by atoms with Crippen LogP contribution < -0.4 is 0 Å². The van der Waals surface area contributed by atoms with Crippen LogP contribution in [-0.2, 0) is 26.5 Å². The molecule has 0 amide bonds. The highest BCUT2D eigenvalue weighted by molar-refractivity contribution is 5.86. The maximum absolute atomic E-state index is 11.7. The highest BCUT2D eigenvalue weighted by atomic mass is 16.4. The molecule has 3 heteroatoms. The van der Waals surface area contributed by atoms with Crippen LogP contribution in [0.25, 0.3) is 6.08 Å². The maximum Gasteiger partial charge on any atom is 0.328 e. The highest BCUT2D eigenvalue weighted by Gasteiger charge is 2.31. The SMILES string of the molecule is CCC(C)(C)c1cc(C(C)c2cc(C(C)(C)C)cc(C(C)(C)C)c2O)c(C=CC(=O)O)c(C(C)(C)CC)c1. The van der Waals surface area contributed by atoms with Gasteiger partial charge in [-0.05, 0) is 74.0 Å². The first-order valence-corrected chi connectivity index (χ1v) is 14.1.